The van der Waals surface area contributed by atoms with Crippen LogP contribution in [0.2, 0.25) is 0 Å². The van der Waals surface area contributed by atoms with E-state index in [0.29, 0.717) is 46.6 Å². The Hall–Kier alpha value is -3.30. The summed E-state index contributed by atoms with van der Waals surface area (Å²) >= 11 is 1.38. The van der Waals surface area contributed by atoms with Gasteiger partial charge in [0.2, 0.25) is 0 Å². The van der Waals surface area contributed by atoms with Crippen molar-refractivity contribution in [2.75, 3.05) is 53.4 Å². The van der Waals surface area contributed by atoms with E-state index in [1.165, 1.54) is 11.3 Å². The maximum absolute atomic E-state index is 13.6. The predicted molar refractivity (Wildman–Crippen MR) is 126 cm³/mol. The maximum atomic E-state index is 13.6. The van der Waals surface area contributed by atoms with E-state index in [-0.39, 0.29) is 11.7 Å². The lowest BCUT2D eigenvalue weighted by atomic mass is 10.2. The quantitative estimate of drug-likeness (QED) is 0.392. The first-order valence-corrected chi connectivity index (χ1v) is 10.8. The van der Waals surface area contributed by atoms with Crippen molar-refractivity contribution in [2.45, 2.75) is 0 Å². The predicted octanol–water partition coefficient (Wildman–Crippen LogP) is 4.28. The fourth-order valence-corrected chi connectivity index (χ4v) is 4.51. The number of amides is 1. The van der Waals surface area contributed by atoms with Crippen molar-refractivity contribution in [2.24, 2.45) is 0 Å². The highest BCUT2D eigenvalue weighted by molar-refractivity contribution is 7.22. The van der Waals surface area contributed by atoms with Crippen LogP contribution >= 0.6 is 11.3 Å². The number of likely N-dealkylation sites (N-methyl/N-ethyl adjacent to an activating group) is 1. The van der Waals surface area contributed by atoms with Crippen LogP contribution in [-0.4, -0.2) is 64.3 Å². The lowest BCUT2D eigenvalue weighted by Crippen LogP contribution is -2.36. The molecule has 2 aromatic carbocycles. The molecule has 0 aliphatic rings. The second kappa shape index (κ2) is 9.05. The van der Waals surface area contributed by atoms with Gasteiger partial charge in [0.25, 0.3) is 5.91 Å². The second-order valence-electron chi connectivity index (χ2n) is 7.39. The average molecular weight is 456 g/mol. The van der Waals surface area contributed by atoms with Crippen LogP contribution in [0.5, 0.6) is 17.2 Å². The SMILES string of the molecule is COc1ccc(OC)c2sc(N(CCN(C)C)C(=O)c3cc4cccc(OC)c4o3)nc12. The largest absolute Gasteiger partial charge is 0.495 e. The van der Waals surface area contributed by atoms with Gasteiger partial charge in [0.15, 0.2) is 22.2 Å². The van der Waals surface area contributed by atoms with Crippen molar-refractivity contribution >= 4 is 43.6 Å². The van der Waals surface area contributed by atoms with Crippen LogP contribution in [0.15, 0.2) is 40.8 Å². The molecule has 0 aliphatic heterocycles. The normalized spacial score (nSPS) is 11.3. The summed E-state index contributed by atoms with van der Waals surface area (Å²) in [6.45, 7) is 1.09. The molecule has 32 heavy (non-hydrogen) atoms. The molecule has 0 unspecified atom stereocenters. The van der Waals surface area contributed by atoms with Crippen molar-refractivity contribution in [1.29, 1.82) is 0 Å². The minimum atomic E-state index is -0.276. The van der Waals surface area contributed by atoms with Crippen LogP contribution in [0.1, 0.15) is 10.6 Å². The zero-order valence-corrected chi connectivity index (χ0v) is 19.5. The number of hydrogen-bond donors (Lipinski definition) is 0. The number of carbonyl (C=O) groups excluding carboxylic acids is 1. The van der Waals surface area contributed by atoms with E-state index in [0.717, 1.165) is 10.1 Å². The molecule has 4 rings (SSSR count). The van der Waals surface area contributed by atoms with Gasteiger partial charge >= 0.3 is 0 Å². The molecule has 0 N–H and O–H groups in total. The van der Waals surface area contributed by atoms with Crippen molar-refractivity contribution in [3.8, 4) is 17.2 Å². The Bertz CT molecular complexity index is 1220. The molecule has 2 heterocycles. The number of hydrogen-bond acceptors (Lipinski definition) is 8. The monoisotopic (exact) mass is 455 g/mol. The molecule has 9 heteroatoms. The Morgan fingerprint density at radius 1 is 1.00 bits per heavy atom. The third-order valence-corrected chi connectivity index (χ3v) is 6.18. The van der Waals surface area contributed by atoms with E-state index in [4.69, 9.17) is 23.6 Å². The summed E-state index contributed by atoms with van der Waals surface area (Å²) < 4.78 is 23.1. The van der Waals surface area contributed by atoms with Crippen molar-refractivity contribution in [3.63, 3.8) is 0 Å². The van der Waals surface area contributed by atoms with Crippen LogP contribution in [0.4, 0.5) is 5.13 Å². The first kappa shape index (κ1) is 21.9. The van der Waals surface area contributed by atoms with E-state index in [2.05, 4.69) is 0 Å². The zero-order valence-electron chi connectivity index (χ0n) is 18.7. The zero-order chi connectivity index (χ0) is 22.8. The molecule has 0 saturated heterocycles. The number of benzene rings is 2. The van der Waals surface area contributed by atoms with E-state index >= 15 is 0 Å². The summed E-state index contributed by atoms with van der Waals surface area (Å²) in [5.41, 5.74) is 1.19. The molecule has 4 aromatic rings. The summed E-state index contributed by atoms with van der Waals surface area (Å²) in [6, 6.07) is 10.9. The molecule has 0 fully saturated rings. The number of rotatable bonds is 8. The van der Waals surface area contributed by atoms with E-state index in [9.17, 15) is 4.79 Å². The van der Waals surface area contributed by atoms with Gasteiger partial charge in [-0.05, 0) is 38.4 Å². The minimum Gasteiger partial charge on any atom is -0.495 e. The number of furan rings is 1. The number of para-hydroxylation sites is 1. The van der Waals surface area contributed by atoms with E-state index < -0.39 is 0 Å². The number of ether oxygens (including phenoxy) is 3. The minimum absolute atomic E-state index is 0.224. The van der Waals surface area contributed by atoms with Gasteiger partial charge < -0.3 is 23.5 Å². The number of anilines is 1. The molecule has 0 radical (unpaired) electrons. The standard InChI is InChI=1S/C23H25N3O5S/c1-25(2)11-12-26(22(27)18-13-14-7-6-8-16(29-4)20(14)31-18)23-24-19-15(28-3)9-10-17(30-5)21(19)32-23/h6-10,13H,11-12H2,1-5H3. The average Bonchev–Trinajstić information content (AvgIpc) is 3.42. The fourth-order valence-electron chi connectivity index (χ4n) is 3.41. The molecule has 168 valence electrons. The second-order valence-corrected chi connectivity index (χ2v) is 8.37. The summed E-state index contributed by atoms with van der Waals surface area (Å²) in [5, 5.41) is 1.34. The highest BCUT2D eigenvalue weighted by atomic mass is 32.1. The van der Waals surface area contributed by atoms with Crippen molar-refractivity contribution in [3.05, 3.63) is 42.2 Å². The first-order chi connectivity index (χ1) is 15.5. The summed E-state index contributed by atoms with van der Waals surface area (Å²) in [7, 11) is 8.69. The molecule has 0 aliphatic carbocycles. The van der Waals surface area contributed by atoms with Gasteiger partial charge in [-0.25, -0.2) is 4.98 Å². The first-order valence-electron chi connectivity index (χ1n) is 10.0. The van der Waals surface area contributed by atoms with Crippen molar-refractivity contribution in [1.82, 2.24) is 9.88 Å². The lowest BCUT2D eigenvalue weighted by molar-refractivity contribution is 0.0960. The Kier molecular flexibility index (Phi) is 6.20. The maximum Gasteiger partial charge on any atom is 0.295 e. The Morgan fingerprint density at radius 3 is 2.41 bits per heavy atom. The molecule has 0 saturated carbocycles. The molecular formula is C23H25N3O5S. The number of carbonyl (C=O) groups is 1. The summed E-state index contributed by atoms with van der Waals surface area (Å²) in [5.74, 6) is 1.83. The topological polar surface area (TPSA) is 77.3 Å². The van der Waals surface area contributed by atoms with Crippen molar-refractivity contribution < 1.29 is 23.4 Å². The van der Waals surface area contributed by atoms with Gasteiger partial charge in [-0.3, -0.25) is 9.69 Å². The third-order valence-electron chi connectivity index (χ3n) is 5.08. The van der Waals surface area contributed by atoms with Gasteiger partial charge in [0.1, 0.15) is 21.7 Å². The van der Waals surface area contributed by atoms with Crippen LogP contribution in [-0.2, 0) is 0 Å². The molecule has 0 atom stereocenters. The number of aromatic nitrogens is 1. The highest BCUT2D eigenvalue weighted by Gasteiger charge is 2.26. The highest BCUT2D eigenvalue weighted by Crippen LogP contribution is 2.40. The van der Waals surface area contributed by atoms with Crippen LogP contribution in [0.3, 0.4) is 0 Å². The molecule has 8 nitrogen and oxygen atoms in total. The molecular weight excluding hydrogens is 430 g/mol. The number of nitrogens with zero attached hydrogens (tertiary/aromatic N) is 3. The van der Waals surface area contributed by atoms with Gasteiger partial charge in [-0.15, -0.1) is 0 Å². The van der Waals surface area contributed by atoms with Crippen LogP contribution in [0, 0.1) is 0 Å². The number of methoxy groups -OCH3 is 3. The fraction of sp³-hybridized carbons (Fsp3) is 0.304. The third kappa shape index (κ3) is 3.96. The summed E-state index contributed by atoms with van der Waals surface area (Å²) in [4.78, 5) is 22.0. The number of thiazole rings is 1. The molecule has 0 spiro atoms. The molecule has 1 amide bonds. The van der Waals surface area contributed by atoms with E-state index in [1.54, 1.807) is 38.4 Å². The van der Waals surface area contributed by atoms with Crippen LogP contribution < -0.4 is 19.1 Å². The van der Waals surface area contributed by atoms with Gasteiger partial charge in [-0.1, -0.05) is 23.5 Å². The molecule has 2 aromatic heterocycles. The van der Waals surface area contributed by atoms with Gasteiger partial charge in [0, 0.05) is 18.5 Å². The van der Waals surface area contributed by atoms with E-state index in [1.807, 2.05) is 43.3 Å². The van der Waals surface area contributed by atoms with Crippen LogP contribution in [0.25, 0.3) is 21.2 Å². The Morgan fingerprint density at radius 2 is 1.72 bits per heavy atom. The molecule has 0 bridgehead atoms. The Balaban J connectivity index is 1.80. The van der Waals surface area contributed by atoms with Gasteiger partial charge in [-0.2, -0.15) is 0 Å². The Labute approximate surface area is 189 Å². The summed E-state index contributed by atoms with van der Waals surface area (Å²) in [6.07, 6.45) is 0. The number of fused-ring (bicyclic) bond motifs is 2. The van der Waals surface area contributed by atoms with Gasteiger partial charge in [0.05, 0.1) is 21.3 Å². The lowest BCUT2D eigenvalue weighted by Gasteiger charge is -2.20. The smallest absolute Gasteiger partial charge is 0.295 e.